The summed E-state index contributed by atoms with van der Waals surface area (Å²) in [6.45, 7) is 3.39. The highest BCUT2D eigenvalue weighted by Crippen LogP contribution is 2.39. The Hall–Kier alpha value is -2.78. The zero-order valence-electron chi connectivity index (χ0n) is 19.7. The fourth-order valence-electron chi connectivity index (χ4n) is 4.87. The molecule has 1 saturated carbocycles. The van der Waals surface area contributed by atoms with Crippen LogP contribution in [0.2, 0.25) is 0 Å². The van der Waals surface area contributed by atoms with Crippen LogP contribution in [0.3, 0.4) is 0 Å². The molecule has 1 N–H and O–H groups in total. The van der Waals surface area contributed by atoms with Gasteiger partial charge >= 0.3 is 0 Å². The minimum absolute atomic E-state index is 0.220. The van der Waals surface area contributed by atoms with Crippen molar-refractivity contribution in [3.63, 3.8) is 0 Å². The van der Waals surface area contributed by atoms with Crippen molar-refractivity contribution in [1.29, 1.82) is 0 Å². The number of benzene rings is 3. The van der Waals surface area contributed by atoms with E-state index in [2.05, 4.69) is 61.5 Å². The Labute approximate surface area is 198 Å². The van der Waals surface area contributed by atoms with Crippen LogP contribution < -0.4 is 9.47 Å². The molecule has 1 fully saturated rings. The van der Waals surface area contributed by atoms with E-state index >= 15 is 0 Å². The Morgan fingerprint density at radius 2 is 1.67 bits per heavy atom. The standard InChI is InChI=1S/C30H36O3/c1-2-10-26(24-13-7-4-8-14-24)22-32-28-17-18-29(25-15-9-16-27(31)19-25)30(20-28)33-21-23-11-5-3-6-12-23/h3-8,11-14,17-18,20,25-27,31H,2,9-10,15-16,19,21-22H2,1H3. The lowest BCUT2D eigenvalue weighted by Crippen LogP contribution is -2.19. The zero-order chi connectivity index (χ0) is 22.9. The normalized spacial score (nSPS) is 19.1. The van der Waals surface area contributed by atoms with E-state index in [1.54, 1.807) is 0 Å². The molecule has 3 nitrogen and oxygen atoms in total. The first-order valence-corrected chi connectivity index (χ1v) is 12.4. The maximum absolute atomic E-state index is 10.2. The first-order valence-electron chi connectivity index (χ1n) is 12.4. The van der Waals surface area contributed by atoms with E-state index in [1.165, 1.54) is 11.1 Å². The molecule has 0 aliphatic heterocycles. The summed E-state index contributed by atoms with van der Waals surface area (Å²) in [6, 6.07) is 27.2. The fraction of sp³-hybridized carbons (Fsp3) is 0.400. The van der Waals surface area contributed by atoms with Crippen LogP contribution in [-0.4, -0.2) is 17.8 Å². The number of rotatable bonds is 10. The summed E-state index contributed by atoms with van der Waals surface area (Å²) < 4.78 is 12.6. The lowest BCUT2D eigenvalue weighted by molar-refractivity contribution is 0.118. The molecule has 0 heterocycles. The van der Waals surface area contributed by atoms with E-state index in [4.69, 9.17) is 9.47 Å². The topological polar surface area (TPSA) is 38.7 Å². The summed E-state index contributed by atoms with van der Waals surface area (Å²) in [5.41, 5.74) is 3.66. The quantitative estimate of drug-likeness (QED) is 0.358. The lowest BCUT2D eigenvalue weighted by atomic mass is 9.82. The van der Waals surface area contributed by atoms with Gasteiger partial charge in [-0.25, -0.2) is 0 Å². The second-order valence-corrected chi connectivity index (χ2v) is 9.20. The molecule has 3 unspecified atom stereocenters. The molecular weight excluding hydrogens is 408 g/mol. The molecule has 0 amide bonds. The van der Waals surface area contributed by atoms with Crippen molar-refractivity contribution in [1.82, 2.24) is 0 Å². The number of aliphatic hydroxyl groups excluding tert-OH is 1. The molecule has 3 aromatic carbocycles. The number of hydrogen-bond donors (Lipinski definition) is 1. The molecular formula is C30H36O3. The average molecular weight is 445 g/mol. The van der Waals surface area contributed by atoms with Crippen molar-refractivity contribution in [2.45, 2.75) is 70.0 Å². The van der Waals surface area contributed by atoms with E-state index in [0.717, 1.165) is 55.6 Å². The van der Waals surface area contributed by atoms with Crippen LogP contribution in [0.1, 0.15) is 74.0 Å². The van der Waals surface area contributed by atoms with E-state index in [9.17, 15) is 5.11 Å². The predicted molar refractivity (Wildman–Crippen MR) is 134 cm³/mol. The highest BCUT2D eigenvalue weighted by atomic mass is 16.5. The Morgan fingerprint density at radius 1 is 0.909 bits per heavy atom. The van der Waals surface area contributed by atoms with Gasteiger partial charge in [0.1, 0.15) is 18.1 Å². The zero-order valence-corrected chi connectivity index (χ0v) is 19.7. The number of ether oxygens (including phenoxy) is 2. The third-order valence-corrected chi connectivity index (χ3v) is 6.67. The van der Waals surface area contributed by atoms with Crippen LogP contribution >= 0.6 is 0 Å². The predicted octanol–water partition coefficient (Wildman–Crippen LogP) is 7.25. The molecule has 0 radical (unpaired) electrons. The molecule has 1 aliphatic carbocycles. The lowest BCUT2D eigenvalue weighted by Gasteiger charge is -2.28. The van der Waals surface area contributed by atoms with E-state index in [-0.39, 0.29) is 6.10 Å². The van der Waals surface area contributed by atoms with Gasteiger partial charge in [-0.05, 0) is 54.4 Å². The Balaban J connectivity index is 1.51. The Bertz CT molecular complexity index is 970. The highest BCUT2D eigenvalue weighted by molar-refractivity contribution is 5.43. The minimum Gasteiger partial charge on any atom is -0.493 e. The van der Waals surface area contributed by atoms with E-state index in [1.807, 2.05) is 24.3 Å². The van der Waals surface area contributed by atoms with Crippen LogP contribution in [0.5, 0.6) is 11.5 Å². The smallest absolute Gasteiger partial charge is 0.126 e. The van der Waals surface area contributed by atoms with Gasteiger partial charge in [-0.3, -0.25) is 0 Å². The van der Waals surface area contributed by atoms with Gasteiger partial charge in [0.25, 0.3) is 0 Å². The van der Waals surface area contributed by atoms with E-state index in [0.29, 0.717) is 25.0 Å². The van der Waals surface area contributed by atoms with Gasteiger partial charge in [-0.1, -0.05) is 86.5 Å². The molecule has 3 atom stereocenters. The summed E-state index contributed by atoms with van der Waals surface area (Å²) in [7, 11) is 0. The Kier molecular flexibility index (Phi) is 8.43. The van der Waals surface area contributed by atoms with Crippen LogP contribution in [-0.2, 0) is 6.61 Å². The second kappa shape index (κ2) is 11.9. The minimum atomic E-state index is -0.220. The summed E-state index contributed by atoms with van der Waals surface area (Å²) in [6.07, 6.45) is 5.84. The van der Waals surface area contributed by atoms with Crippen LogP contribution in [0, 0.1) is 0 Å². The van der Waals surface area contributed by atoms with Crippen LogP contribution in [0.4, 0.5) is 0 Å². The number of aliphatic hydroxyl groups is 1. The summed E-state index contributed by atoms with van der Waals surface area (Å²) in [5.74, 6) is 2.42. The molecule has 1 aliphatic rings. The molecule has 0 spiro atoms. The van der Waals surface area contributed by atoms with Gasteiger partial charge in [0.2, 0.25) is 0 Å². The molecule has 0 aromatic heterocycles. The first-order chi connectivity index (χ1) is 16.2. The van der Waals surface area contributed by atoms with Crippen molar-refractivity contribution < 1.29 is 14.6 Å². The third-order valence-electron chi connectivity index (χ3n) is 6.67. The monoisotopic (exact) mass is 444 g/mol. The number of hydrogen-bond acceptors (Lipinski definition) is 3. The van der Waals surface area contributed by atoms with Crippen molar-refractivity contribution in [3.8, 4) is 11.5 Å². The van der Waals surface area contributed by atoms with Gasteiger partial charge in [0, 0.05) is 12.0 Å². The molecule has 3 aromatic rings. The van der Waals surface area contributed by atoms with Gasteiger partial charge < -0.3 is 14.6 Å². The third kappa shape index (κ3) is 6.61. The largest absolute Gasteiger partial charge is 0.493 e. The van der Waals surface area contributed by atoms with Crippen molar-refractivity contribution in [2.75, 3.05) is 6.61 Å². The van der Waals surface area contributed by atoms with E-state index < -0.39 is 0 Å². The fourth-order valence-corrected chi connectivity index (χ4v) is 4.87. The van der Waals surface area contributed by atoms with Crippen molar-refractivity contribution >= 4 is 0 Å². The molecule has 174 valence electrons. The maximum atomic E-state index is 10.2. The van der Waals surface area contributed by atoms with Gasteiger partial charge in [0.15, 0.2) is 0 Å². The first kappa shape index (κ1) is 23.4. The molecule has 4 rings (SSSR count). The summed E-state index contributed by atoms with van der Waals surface area (Å²) in [5, 5.41) is 10.2. The molecule has 0 bridgehead atoms. The maximum Gasteiger partial charge on any atom is 0.126 e. The Morgan fingerprint density at radius 3 is 2.39 bits per heavy atom. The van der Waals surface area contributed by atoms with Gasteiger partial charge in [-0.2, -0.15) is 0 Å². The molecule has 0 saturated heterocycles. The molecule has 33 heavy (non-hydrogen) atoms. The molecule has 3 heteroatoms. The average Bonchev–Trinajstić information content (AvgIpc) is 2.86. The second-order valence-electron chi connectivity index (χ2n) is 9.20. The van der Waals surface area contributed by atoms with Crippen molar-refractivity contribution in [3.05, 3.63) is 95.6 Å². The SMILES string of the molecule is CCCC(COc1ccc(C2CCCC(O)C2)c(OCc2ccccc2)c1)c1ccccc1. The summed E-state index contributed by atoms with van der Waals surface area (Å²) >= 11 is 0. The van der Waals surface area contributed by atoms with Crippen LogP contribution in [0.25, 0.3) is 0 Å². The summed E-state index contributed by atoms with van der Waals surface area (Å²) in [4.78, 5) is 0. The van der Waals surface area contributed by atoms with Gasteiger partial charge in [-0.15, -0.1) is 0 Å². The van der Waals surface area contributed by atoms with Gasteiger partial charge in [0.05, 0.1) is 12.7 Å². The highest BCUT2D eigenvalue weighted by Gasteiger charge is 2.25. The van der Waals surface area contributed by atoms with Crippen LogP contribution in [0.15, 0.2) is 78.9 Å². The van der Waals surface area contributed by atoms with Crippen molar-refractivity contribution in [2.24, 2.45) is 0 Å².